The topological polar surface area (TPSA) is 192 Å². The molecule has 264 valence electrons. The first kappa shape index (κ1) is 36.9. The monoisotopic (exact) mass is 744 g/mol. The zero-order valence-electron chi connectivity index (χ0n) is 27.7. The van der Waals surface area contributed by atoms with Gasteiger partial charge in [0, 0.05) is 47.3 Å². The van der Waals surface area contributed by atoms with Crippen molar-refractivity contribution in [3.8, 4) is 0 Å². The van der Waals surface area contributed by atoms with Gasteiger partial charge in [-0.15, -0.1) is 23.1 Å². The minimum Gasteiger partial charge on any atom is -0.374 e. The van der Waals surface area contributed by atoms with Gasteiger partial charge < -0.3 is 31.9 Å². The van der Waals surface area contributed by atoms with Crippen molar-refractivity contribution in [2.75, 3.05) is 41.1 Å². The zero-order chi connectivity index (χ0) is 36.2. The number of likely N-dealkylation sites (N-methyl/N-ethyl adjacent to an activating group) is 1. The summed E-state index contributed by atoms with van der Waals surface area (Å²) in [5.41, 5.74) is 11.2. The molecule has 1 aliphatic rings. The fourth-order valence-corrected chi connectivity index (χ4v) is 6.94. The van der Waals surface area contributed by atoms with Crippen molar-refractivity contribution in [2.24, 2.45) is 15.7 Å². The molecule has 17 heteroatoms. The highest BCUT2D eigenvalue weighted by Gasteiger charge is 2.31. The second-order valence-electron chi connectivity index (χ2n) is 10.9. The van der Waals surface area contributed by atoms with Gasteiger partial charge in [0.15, 0.2) is 11.1 Å². The molecule has 2 heterocycles. The molecule has 0 fully saturated rings. The Kier molecular flexibility index (Phi) is 13.0. The number of nitrogens with one attached hydrogen (secondary N) is 4. The van der Waals surface area contributed by atoms with E-state index in [0.29, 0.717) is 39.5 Å². The lowest BCUT2D eigenvalue weighted by Gasteiger charge is -2.21. The minimum atomic E-state index is -1.16. The van der Waals surface area contributed by atoms with E-state index in [1.165, 1.54) is 28.0 Å². The molecule has 1 aliphatic heterocycles. The summed E-state index contributed by atoms with van der Waals surface area (Å²) in [5, 5.41) is 25.3. The van der Waals surface area contributed by atoms with E-state index >= 15 is 0 Å². The molecular formula is C34H36N10O4S3. The largest absolute Gasteiger partial charge is 0.374 e. The molecule has 51 heavy (non-hydrogen) atoms. The van der Waals surface area contributed by atoms with Crippen LogP contribution in [0.25, 0.3) is 0 Å². The summed E-state index contributed by atoms with van der Waals surface area (Å²) in [6.45, 7) is 0.841. The number of thioether (sulfide) groups is 2. The van der Waals surface area contributed by atoms with Gasteiger partial charge in [-0.25, -0.2) is 19.8 Å². The Morgan fingerprint density at radius 1 is 1.12 bits per heavy atom. The number of hydrogen-bond acceptors (Lipinski definition) is 11. The number of para-hydroxylation sites is 1. The Morgan fingerprint density at radius 2 is 1.90 bits per heavy atom. The van der Waals surface area contributed by atoms with Gasteiger partial charge in [-0.05, 0) is 30.0 Å². The Balaban J connectivity index is 1.14. The van der Waals surface area contributed by atoms with Gasteiger partial charge >= 0.3 is 6.03 Å². The number of rotatable bonds is 14. The molecule has 0 saturated carbocycles. The lowest BCUT2D eigenvalue weighted by molar-refractivity contribution is -0.403. The third-order valence-electron chi connectivity index (χ3n) is 7.30. The summed E-state index contributed by atoms with van der Waals surface area (Å²) in [4.78, 5) is 52.0. The van der Waals surface area contributed by atoms with Crippen molar-refractivity contribution in [3.63, 3.8) is 0 Å². The molecule has 0 bridgehead atoms. The summed E-state index contributed by atoms with van der Waals surface area (Å²) in [5.74, 6) is 1.25. The summed E-state index contributed by atoms with van der Waals surface area (Å²) in [6.07, 6.45) is 1.59. The number of aliphatic imine (C=N–C) groups is 2. The fraction of sp³-hybridized carbons (Fsp3) is 0.206. The molecule has 5 rings (SSSR count). The quantitative estimate of drug-likeness (QED) is 0.0373. The molecule has 6 N–H and O–H groups in total. The van der Waals surface area contributed by atoms with Crippen LogP contribution in [0.3, 0.4) is 0 Å². The molecule has 0 spiro atoms. The van der Waals surface area contributed by atoms with E-state index in [1.54, 1.807) is 43.3 Å². The number of hydrogen-bond donors (Lipinski definition) is 5. The van der Waals surface area contributed by atoms with E-state index < -0.39 is 17.1 Å². The highest BCUT2D eigenvalue weighted by Crippen LogP contribution is 2.27. The number of benzodiazepines with no additional fused rings is 1. The minimum absolute atomic E-state index is 0.190. The summed E-state index contributed by atoms with van der Waals surface area (Å²) in [6, 6.07) is 23.6. The number of urea groups is 1. The van der Waals surface area contributed by atoms with Crippen LogP contribution in [0, 0.1) is 10.1 Å². The van der Waals surface area contributed by atoms with Crippen LogP contribution in [0.15, 0.2) is 105 Å². The maximum absolute atomic E-state index is 13.5. The van der Waals surface area contributed by atoms with Crippen LogP contribution in [0.2, 0.25) is 0 Å². The van der Waals surface area contributed by atoms with Crippen LogP contribution in [0.5, 0.6) is 0 Å². The molecule has 0 unspecified atom stereocenters. The van der Waals surface area contributed by atoms with Gasteiger partial charge in [0.25, 0.3) is 12.1 Å². The fourth-order valence-electron chi connectivity index (χ4n) is 4.93. The molecule has 1 atom stereocenters. The van der Waals surface area contributed by atoms with Gasteiger partial charge in [-0.1, -0.05) is 60.7 Å². The van der Waals surface area contributed by atoms with Gasteiger partial charge in [0.2, 0.25) is 6.17 Å². The van der Waals surface area contributed by atoms with Crippen molar-refractivity contribution in [2.45, 2.75) is 18.5 Å². The van der Waals surface area contributed by atoms with Crippen LogP contribution in [-0.2, 0) is 17.1 Å². The Morgan fingerprint density at radius 3 is 2.69 bits per heavy atom. The molecule has 3 aromatic carbocycles. The number of guanidine groups is 1. The highest BCUT2D eigenvalue weighted by molar-refractivity contribution is 8.02. The van der Waals surface area contributed by atoms with Crippen molar-refractivity contribution >= 4 is 75.0 Å². The van der Waals surface area contributed by atoms with E-state index in [4.69, 9.17) is 10.7 Å². The molecule has 0 radical (unpaired) electrons. The Bertz CT molecular complexity index is 1950. The van der Waals surface area contributed by atoms with Gasteiger partial charge in [0.05, 0.1) is 28.6 Å². The number of fused-ring (bicyclic) bond motifs is 1. The predicted molar refractivity (Wildman–Crippen MR) is 208 cm³/mol. The van der Waals surface area contributed by atoms with Crippen molar-refractivity contribution in [1.29, 1.82) is 0 Å². The first-order valence-electron chi connectivity index (χ1n) is 15.6. The summed E-state index contributed by atoms with van der Waals surface area (Å²) < 4.78 is 0. The van der Waals surface area contributed by atoms with E-state index in [-0.39, 0.29) is 18.4 Å². The predicted octanol–water partition coefficient (Wildman–Crippen LogP) is 5.29. The number of nitrogens with two attached hydrogens (primary N) is 1. The van der Waals surface area contributed by atoms with Crippen LogP contribution in [-0.4, -0.2) is 65.3 Å². The zero-order valence-corrected chi connectivity index (χ0v) is 30.2. The SMILES string of the molecule is CS/C(=C/[N+](=O)[O-])NCCSCc1csc(NC(N)=NCc2cccc(NC(=O)N[C@@H]3N=C(c4ccccc4)c4ccccc4N(C)C3=O)c2)n1. The van der Waals surface area contributed by atoms with Crippen molar-refractivity contribution in [1.82, 2.24) is 15.6 Å². The van der Waals surface area contributed by atoms with E-state index in [1.807, 2.05) is 66.0 Å². The molecular weight excluding hydrogens is 709 g/mol. The van der Waals surface area contributed by atoms with E-state index in [0.717, 1.165) is 34.3 Å². The van der Waals surface area contributed by atoms with Crippen LogP contribution in [0.4, 0.5) is 21.3 Å². The third kappa shape index (κ3) is 10.6. The van der Waals surface area contributed by atoms with Crippen LogP contribution in [0.1, 0.15) is 22.4 Å². The lowest BCUT2D eigenvalue weighted by Crippen LogP contribution is -2.47. The van der Waals surface area contributed by atoms with Gasteiger partial charge in [-0.2, -0.15) is 11.8 Å². The maximum atomic E-state index is 13.5. The molecule has 14 nitrogen and oxygen atoms in total. The van der Waals surface area contributed by atoms with Crippen molar-refractivity contribution in [3.05, 3.63) is 128 Å². The number of nitro groups is 1. The number of nitrogens with zero attached hydrogens (tertiary/aromatic N) is 5. The number of aromatic nitrogens is 1. The van der Waals surface area contributed by atoms with E-state index in [2.05, 4.69) is 31.2 Å². The van der Waals surface area contributed by atoms with E-state index in [9.17, 15) is 19.7 Å². The first-order chi connectivity index (χ1) is 24.7. The smallest absolute Gasteiger partial charge is 0.321 e. The van der Waals surface area contributed by atoms with Gasteiger partial charge in [-0.3, -0.25) is 14.9 Å². The lowest BCUT2D eigenvalue weighted by atomic mass is 10.0. The maximum Gasteiger partial charge on any atom is 0.321 e. The molecule has 0 saturated heterocycles. The average Bonchev–Trinajstić information content (AvgIpc) is 3.54. The molecule has 1 aromatic heterocycles. The average molecular weight is 745 g/mol. The molecule has 3 amide bonds. The molecule has 0 aliphatic carbocycles. The second kappa shape index (κ2) is 18.0. The van der Waals surface area contributed by atoms with Crippen LogP contribution < -0.4 is 31.9 Å². The standard InChI is InChI=1S/C34H36N10O4S3/c1-43-27-14-7-6-13-26(27)29(23-10-4-3-5-11-23)40-30(31(43)45)41-33(46)38-24-12-8-9-22(17-24)18-37-32(35)42-34-39-25(21-51-34)20-50-16-15-36-28(49-2)19-44(47)48/h3-14,17,19,21,30,36H,15-16,18,20H2,1-2H3,(H2,38,41,46)(H3,35,37,39,42)/b28-19+/t30-/m0/s1. The second-order valence-corrected chi connectivity index (χ2v) is 13.7. The Hall–Kier alpha value is -5.39. The van der Waals surface area contributed by atoms with Crippen LogP contribution >= 0.6 is 34.9 Å². The summed E-state index contributed by atoms with van der Waals surface area (Å²) in [7, 11) is 1.67. The third-order valence-corrected chi connectivity index (χ3v) is 9.79. The summed E-state index contributed by atoms with van der Waals surface area (Å²) >= 11 is 4.36. The number of anilines is 3. The van der Waals surface area contributed by atoms with Crippen molar-refractivity contribution < 1.29 is 14.5 Å². The first-order valence-corrected chi connectivity index (χ1v) is 18.8. The number of thiazole rings is 1. The van der Waals surface area contributed by atoms with Gasteiger partial charge in [0.1, 0.15) is 5.03 Å². The Labute approximate surface area is 307 Å². The number of carbonyl (C=O) groups is 2. The number of carbonyl (C=O) groups excluding carboxylic acids is 2. The molecule has 4 aromatic rings. The number of amides is 3. The number of benzene rings is 3. The normalized spacial score (nSPS) is 14.6. The highest BCUT2D eigenvalue weighted by atomic mass is 32.2.